The molecule has 0 aliphatic carbocycles. The number of aliphatic imine (C=N–C) groups is 1. The average molecular weight is 370 g/mol. The van der Waals surface area contributed by atoms with Gasteiger partial charge in [-0.2, -0.15) is 0 Å². The number of nitrogens with zero attached hydrogens (tertiary/aromatic N) is 2. The summed E-state index contributed by atoms with van der Waals surface area (Å²) in [4.78, 5) is 26.8. The van der Waals surface area contributed by atoms with E-state index < -0.39 is 11.0 Å². The van der Waals surface area contributed by atoms with Crippen molar-refractivity contribution in [1.82, 2.24) is 0 Å². The van der Waals surface area contributed by atoms with Crippen LogP contribution in [0, 0.1) is 10.1 Å². The lowest BCUT2D eigenvalue weighted by Gasteiger charge is -2.19. The first-order valence-electron chi connectivity index (χ1n) is 8.38. The highest BCUT2D eigenvalue weighted by Crippen LogP contribution is 2.17. The number of nitrogens with one attached hydrogen (secondary N) is 2. The Labute approximate surface area is 156 Å². The molecule has 0 saturated carbocycles. The van der Waals surface area contributed by atoms with Crippen LogP contribution in [0.3, 0.4) is 0 Å². The number of nitro benzene ring substituents is 1. The zero-order valence-corrected chi connectivity index (χ0v) is 14.7. The van der Waals surface area contributed by atoms with Crippen LogP contribution in [0.1, 0.15) is 12.8 Å². The number of hydrogen-bond donors (Lipinski definition) is 4. The molecular formula is C18H22N6O3. The quantitative estimate of drug-likeness (QED) is 0.174. The zero-order chi connectivity index (χ0) is 19.6. The van der Waals surface area contributed by atoms with Gasteiger partial charge >= 0.3 is 0 Å². The summed E-state index contributed by atoms with van der Waals surface area (Å²) in [6, 6.07) is 14.5. The monoisotopic (exact) mass is 370 g/mol. The second-order valence-corrected chi connectivity index (χ2v) is 5.80. The number of hydrogen-bond acceptors (Lipinski definition) is 5. The van der Waals surface area contributed by atoms with Crippen molar-refractivity contribution >= 4 is 28.9 Å². The van der Waals surface area contributed by atoms with Gasteiger partial charge in [0.25, 0.3) is 5.69 Å². The molecule has 9 nitrogen and oxygen atoms in total. The summed E-state index contributed by atoms with van der Waals surface area (Å²) >= 11 is 0. The second kappa shape index (κ2) is 9.76. The second-order valence-electron chi connectivity index (χ2n) is 5.80. The summed E-state index contributed by atoms with van der Waals surface area (Å²) in [6.45, 7) is 0.417. The third-order valence-corrected chi connectivity index (χ3v) is 3.72. The molecule has 142 valence electrons. The third kappa shape index (κ3) is 6.65. The summed E-state index contributed by atoms with van der Waals surface area (Å²) in [7, 11) is 0. The number of non-ortho nitro benzene ring substituents is 1. The molecule has 2 aromatic rings. The molecule has 0 aliphatic heterocycles. The molecule has 6 N–H and O–H groups in total. The van der Waals surface area contributed by atoms with Crippen LogP contribution in [0.5, 0.6) is 0 Å². The van der Waals surface area contributed by atoms with Crippen molar-refractivity contribution in [3.8, 4) is 0 Å². The summed E-state index contributed by atoms with van der Waals surface area (Å²) in [5.41, 5.74) is 11.9. The summed E-state index contributed by atoms with van der Waals surface area (Å²) < 4.78 is 0. The Morgan fingerprint density at radius 3 is 2.33 bits per heavy atom. The van der Waals surface area contributed by atoms with Gasteiger partial charge in [0.2, 0.25) is 5.91 Å². The van der Waals surface area contributed by atoms with Crippen LogP contribution >= 0.6 is 0 Å². The maximum atomic E-state index is 12.7. The molecule has 0 aromatic heterocycles. The van der Waals surface area contributed by atoms with E-state index in [2.05, 4.69) is 15.6 Å². The molecule has 1 atom stereocenters. The minimum Gasteiger partial charge on any atom is -0.374 e. The predicted octanol–water partition coefficient (Wildman–Crippen LogP) is 2.07. The smallest absolute Gasteiger partial charge is 0.269 e. The standard InChI is InChI=1S/C18H22N6O3/c19-18(20)21-12-4-7-16(22-13-5-2-1-3-6-13)17(25)23-14-8-10-15(11-9-14)24(26)27/h1-3,5-6,8-11,16,22H,4,7,12H2,(H,23,25)(H4,19,20,21). The summed E-state index contributed by atoms with van der Waals surface area (Å²) in [6.07, 6.45) is 1.11. The van der Waals surface area contributed by atoms with Gasteiger partial charge in [0.05, 0.1) is 4.92 Å². The van der Waals surface area contributed by atoms with E-state index in [1.165, 1.54) is 24.3 Å². The van der Waals surface area contributed by atoms with E-state index >= 15 is 0 Å². The Morgan fingerprint density at radius 1 is 1.07 bits per heavy atom. The molecule has 9 heteroatoms. The van der Waals surface area contributed by atoms with Crippen molar-refractivity contribution in [2.75, 3.05) is 17.2 Å². The number of rotatable bonds is 9. The van der Waals surface area contributed by atoms with Gasteiger partial charge in [-0.15, -0.1) is 0 Å². The number of carbonyl (C=O) groups excluding carboxylic acids is 1. The van der Waals surface area contributed by atoms with Crippen molar-refractivity contribution in [3.05, 3.63) is 64.7 Å². The molecule has 0 saturated heterocycles. The van der Waals surface area contributed by atoms with Gasteiger partial charge in [-0.1, -0.05) is 18.2 Å². The lowest BCUT2D eigenvalue weighted by molar-refractivity contribution is -0.384. The number of anilines is 2. The normalized spacial score (nSPS) is 11.3. The Kier molecular flexibility index (Phi) is 7.12. The molecule has 0 radical (unpaired) electrons. The SMILES string of the molecule is NC(N)=NCCCC(Nc1ccccc1)C(=O)Nc1ccc([N+](=O)[O-])cc1. The van der Waals surface area contributed by atoms with E-state index in [4.69, 9.17) is 11.5 Å². The molecule has 0 aliphatic rings. The lowest BCUT2D eigenvalue weighted by atomic mass is 10.1. The summed E-state index contributed by atoms with van der Waals surface area (Å²) in [5, 5.41) is 16.7. The van der Waals surface area contributed by atoms with Crippen LogP contribution in [0.15, 0.2) is 59.6 Å². The molecule has 0 heterocycles. The van der Waals surface area contributed by atoms with Crippen LogP contribution < -0.4 is 22.1 Å². The number of para-hydroxylation sites is 1. The fraction of sp³-hybridized carbons (Fsp3) is 0.222. The molecule has 1 unspecified atom stereocenters. The van der Waals surface area contributed by atoms with Gasteiger partial charge in [-0.3, -0.25) is 19.9 Å². The van der Waals surface area contributed by atoms with E-state index in [1.807, 2.05) is 30.3 Å². The topological polar surface area (TPSA) is 149 Å². The molecule has 0 fully saturated rings. The fourth-order valence-corrected chi connectivity index (χ4v) is 2.40. The highest BCUT2D eigenvalue weighted by Gasteiger charge is 2.18. The van der Waals surface area contributed by atoms with Crippen molar-refractivity contribution in [2.45, 2.75) is 18.9 Å². The van der Waals surface area contributed by atoms with E-state index in [0.29, 0.717) is 25.1 Å². The van der Waals surface area contributed by atoms with Gasteiger partial charge in [0.1, 0.15) is 6.04 Å². The van der Waals surface area contributed by atoms with Crippen LogP contribution in [-0.4, -0.2) is 29.4 Å². The van der Waals surface area contributed by atoms with Crippen molar-refractivity contribution in [3.63, 3.8) is 0 Å². The maximum Gasteiger partial charge on any atom is 0.269 e. The van der Waals surface area contributed by atoms with Crippen LogP contribution in [0.25, 0.3) is 0 Å². The molecule has 1 amide bonds. The Balaban J connectivity index is 2.04. The Hall–Kier alpha value is -3.62. The zero-order valence-electron chi connectivity index (χ0n) is 14.7. The van der Waals surface area contributed by atoms with Crippen molar-refractivity contribution < 1.29 is 9.72 Å². The van der Waals surface area contributed by atoms with Crippen molar-refractivity contribution in [2.24, 2.45) is 16.5 Å². The molecule has 2 rings (SSSR count). The summed E-state index contributed by atoms with van der Waals surface area (Å²) in [5.74, 6) is -0.240. The molecule has 0 spiro atoms. The minimum atomic E-state index is -0.517. The van der Waals surface area contributed by atoms with E-state index in [-0.39, 0.29) is 17.6 Å². The maximum absolute atomic E-state index is 12.7. The van der Waals surface area contributed by atoms with Crippen LogP contribution in [0.4, 0.5) is 17.1 Å². The highest BCUT2D eigenvalue weighted by molar-refractivity contribution is 5.96. The number of amides is 1. The van der Waals surface area contributed by atoms with Gasteiger partial charge in [0, 0.05) is 30.1 Å². The van der Waals surface area contributed by atoms with Gasteiger partial charge in [-0.05, 0) is 37.1 Å². The number of carbonyl (C=O) groups is 1. The van der Waals surface area contributed by atoms with E-state index in [1.54, 1.807) is 0 Å². The van der Waals surface area contributed by atoms with Gasteiger partial charge in [0.15, 0.2) is 5.96 Å². The highest BCUT2D eigenvalue weighted by atomic mass is 16.6. The molecular weight excluding hydrogens is 348 g/mol. The number of nitrogens with two attached hydrogens (primary N) is 2. The minimum absolute atomic E-state index is 0.0119. The average Bonchev–Trinajstić information content (AvgIpc) is 2.65. The van der Waals surface area contributed by atoms with Crippen molar-refractivity contribution in [1.29, 1.82) is 0 Å². The van der Waals surface area contributed by atoms with E-state index in [9.17, 15) is 14.9 Å². The lowest BCUT2D eigenvalue weighted by Crippen LogP contribution is -2.35. The van der Waals surface area contributed by atoms with Gasteiger partial charge < -0.3 is 22.1 Å². The molecule has 0 bridgehead atoms. The first kappa shape index (κ1) is 19.7. The number of benzene rings is 2. The first-order chi connectivity index (χ1) is 13.0. The fourth-order valence-electron chi connectivity index (χ4n) is 2.40. The largest absolute Gasteiger partial charge is 0.374 e. The van der Waals surface area contributed by atoms with Gasteiger partial charge in [-0.25, -0.2) is 0 Å². The van der Waals surface area contributed by atoms with Crippen LogP contribution in [-0.2, 0) is 4.79 Å². The Bertz CT molecular complexity index is 789. The number of nitro groups is 1. The van der Waals surface area contributed by atoms with E-state index in [0.717, 1.165) is 5.69 Å². The predicted molar refractivity (Wildman–Crippen MR) is 105 cm³/mol. The molecule has 27 heavy (non-hydrogen) atoms. The van der Waals surface area contributed by atoms with Crippen LogP contribution in [0.2, 0.25) is 0 Å². The first-order valence-corrected chi connectivity index (χ1v) is 8.38. The number of guanidine groups is 1. The molecule has 2 aromatic carbocycles. The Morgan fingerprint density at radius 2 is 1.74 bits per heavy atom. The third-order valence-electron chi connectivity index (χ3n) is 3.72.